The maximum absolute atomic E-state index is 10.4. The van der Waals surface area contributed by atoms with Crippen molar-refractivity contribution in [1.82, 2.24) is 0 Å². The molecule has 0 heterocycles. The molecule has 0 unspecified atom stereocenters. The molecule has 0 atom stereocenters. The number of anilines is 1. The van der Waals surface area contributed by atoms with Crippen molar-refractivity contribution in [3.63, 3.8) is 0 Å². The Labute approximate surface area is 77.5 Å². The third-order valence-electron chi connectivity index (χ3n) is 1.44. The molecule has 1 rings (SSSR count). The second-order valence-corrected chi connectivity index (χ2v) is 3.30. The summed E-state index contributed by atoms with van der Waals surface area (Å²) in [6.07, 6.45) is 1.71. The van der Waals surface area contributed by atoms with Crippen LogP contribution < -0.4 is 5.32 Å². The van der Waals surface area contributed by atoms with E-state index in [1.165, 1.54) is 0 Å². The fraction of sp³-hybridized carbons (Fsp3) is 0.125. The third kappa shape index (κ3) is 2.87. The van der Waals surface area contributed by atoms with Gasteiger partial charge in [-0.2, -0.15) is 0 Å². The highest BCUT2D eigenvalue weighted by atomic mass is 32.2. The van der Waals surface area contributed by atoms with E-state index in [1.54, 1.807) is 30.6 Å². The van der Waals surface area contributed by atoms with E-state index in [9.17, 15) is 13.2 Å². The van der Waals surface area contributed by atoms with Crippen LogP contribution in [0, 0.1) is 0 Å². The fourth-order valence-corrected chi connectivity index (χ4v) is 1.18. The van der Waals surface area contributed by atoms with E-state index in [1.807, 2.05) is 0 Å². The molecule has 1 N–H and O–H groups in total. The first-order valence-electron chi connectivity index (χ1n) is 3.57. The number of nitrogens with one attached hydrogen (secondary N) is 1. The van der Waals surface area contributed by atoms with Gasteiger partial charge in [0.25, 0.3) is 0 Å². The molecule has 13 heavy (non-hydrogen) atoms. The summed E-state index contributed by atoms with van der Waals surface area (Å²) in [5.41, 5.74) is 0.816. The van der Waals surface area contributed by atoms with Gasteiger partial charge >= 0.3 is 0 Å². The largest absolute Gasteiger partial charge is 0.371 e. The summed E-state index contributed by atoms with van der Waals surface area (Å²) in [5, 5.41) is 2.60. The average molecular weight is 198 g/mol. The van der Waals surface area contributed by atoms with Crippen LogP contribution >= 0.6 is 0 Å². The number of benzene rings is 1. The first-order valence-corrected chi connectivity index (χ1v) is 4.93. The van der Waals surface area contributed by atoms with Crippen molar-refractivity contribution in [2.75, 3.05) is 11.2 Å². The molecule has 0 saturated carbocycles. The van der Waals surface area contributed by atoms with E-state index < -0.39 is 10.7 Å². The van der Waals surface area contributed by atoms with Gasteiger partial charge in [-0.25, -0.2) is 8.42 Å². The zero-order valence-electron chi connectivity index (χ0n) is 6.69. The van der Waals surface area contributed by atoms with Crippen LogP contribution in [0.1, 0.15) is 5.56 Å². The molecule has 0 aliphatic carbocycles. The molecule has 0 bridgehead atoms. The van der Waals surface area contributed by atoms with Crippen molar-refractivity contribution in [3.05, 3.63) is 29.8 Å². The Morgan fingerprint density at radius 2 is 2.00 bits per heavy atom. The number of carbonyl (C=O) groups excluding carboxylic acids is 1. The molecule has 1 radical (unpaired) electrons. The van der Waals surface area contributed by atoms with Crippen molar-refractivity contribution < 1.29 is 13.2 Å². The predicted molar refractivity (Wildman–Crippen MR) is 50.0 cm³/mol. The van der Waals surface area contributed by atoms with Gasteiger partial charge in [0.2, 0.25) is 6.29 Å². The summed E-state index contributed by atoms with van der Waals surface area (Å²) in [6.45, 7) is 0. The Kier molecular flexibility index (Phi) is 3.45. The molecular weight excluding hydrogens is 190 g/mol. The first-order chi connectivity index (χ1) is 6.24. The van der Waals surface area contributed by atoms with E-state index in [0.717, 1.165) is 0 Å². The topological polar surface area (TPSA) is 63.2 Å². The molecule has 69 valence electrons. The van der Waals surface area contributed by atoms with Crippen LogP contribution in [0.15, 0.2) is 24.3 Å². The molecule has 0 saturated heterocycles. The molecule has 0 fully saturated rings. The summed E-state index contributed by atoms with van der Waals surface area (Å²) in [7, 11) is -2.48. The third-order valence-corrected chi connectivity index (χ3v) is 1.85. The summed E-state index contributed by atoms with van der Waals surface area (Å²) in [5.74, 6) is -0.173. The van der Waals surface area contributed by atoms with Crippen LogP contribution in [-0.2, 0) is 15.5 Å². The zero-order chi connectivity index (χ0) is 9.68. The van der Waals surface area contributed by atoms with Crippen LogP contribution in [0.5, 0.6) is 0 Å². The van der Waals surface area contributed by atoms with Crippen molar-refractivity contribution in [3.8, 4) is 0 Å². The fourth-order valence-electron chi connectivity index (χ4n) is 0.876. The lowest BCUT2D eigenvalue weighted by molar-refractivity contribution is 0.563. The molecule has 0 aliphatic rings. The minimum Gasteiger partial charge on any atom is -0.371 e. The maximum Gasteiger partial charge on any atom is 0.235 e. The predicted octanol–water partition coefficient (Wildman–Crippen LogP) is 0.125. The van der Waals surface area contributed by atoms with Crippen molar-refractivity contribution in [2.24, 2.45) is 0 Å². The smallest absolute Gasteiger partial charge is 0.235 e. The molecule has 0 aliphatic heterocycles. The normalized spacial score (nSPS) is 9.92. The molecule has 4 nitrogen and oxygen atoms in total. The van der Waals surface area contributed by atoms with E-state index in [2.05, 4.69) is 5.32 Å². The SMILES string of the molecule is O=[C]c1ccccc1NC[SH](=O)=O. The lowest BCUT2D eigenvalue weighted by atomic mass is 10.2. The Bertz CT molecular complexity index is 365. The van der Waals surface area contributed by atoms with Gasteiger partial charge in [0, 0.05) is 11.3 Å². The van der Waals surface area contributed by atoms with E-state index in [0.29, 0.717) is 11.3 Å². The quantitative estimate of drug-likeness (QED) is 0.675. The standard InChI is InChI=1S/C8H8NO3S/c10-5-7-3-1-2-4-8(7)9-6-13(11)12/h1-4,9,13H,6H2. The highest BCUT2D eigenvalue weighted by Gasteiger charge is 1.99. The van der Waals surface area contributed by atoms with Gasteiger partial charge in [0.05, 0.1) is 0 Å². The summed E-state index contributed by atoms with van der Waals surface area (Å²) in [6, 6.07) is 6.58. The Morgan fingerprint density at radius 1 is 1.31 bits per heavy atom. The molecular formula is C8H8NO3S. The van der Waals surface area contributed by atoms with Crippen LogP contribution in [0.3, 0.4) is 0 Å². The van der Waals surface area contributed by atoms with E-state index >= 15 is 0 Å². The monoisotopic (exact) mass is 198 g/mol. The minimum atomic E-state index is -2.48. The van der Waals surface area contributed by atoms with Gasteiger partial charge in [-0.3, -0.25) is 4.79 Å². The number of hydrogen-bond donors (Lipinski definition) is 2. The number of rotatable bonds is 4. The molecule has 1 aromatic rings. The van der Waals surface area contributed by atoms with Gasteiger partial charge in [-0.15, -0.1) is 0 Å². The van der Waals surface area contributed by atoms with E-state index in [4.69, 9.17) is 0 Å². The highest BCUT2D eigenvalue weighted by Crippen LogP contribution is 2.11. The van der Waals surface area contributed by atoms with Gasteiger partial charge in [0.1, 0.15) is 5.88 Å². The van der Waals surface area contributed by atoms with Gasteiger partial charge < -0.3 is 5.32 Å². The second-order valence-electron chi connectivity index (χ2n) is 2.32. The van der Waals surface area contributed by atoms with Crippen molar-refractivity contribution in [1.29, 1.82) is 0 Å². The van der Waals surface area contributed by atoms with Gasteiger partial charge in [-0.05, 0) is 12.1 Å². The first kappa shape index (κ1) is 9.73. The molecule has 0 spiro atoms. The summed E-state index contributed by atoms with van der Waals surface area (Å²) < 4.78 is 20.5. The minimum absolute atomic E-state index is 0.173. The Morgan fingerprint density at radius 3 is 2.62 bits per heavy atom. The highest BCUT2D eigenvalue weighted by molar-refractivity contribution is 7.72. The molecule has 0 amide bonds. The van der Waals surface area contributed by atoms with Crippen molar-refractivity contribution >= 4 is 22.7 Å². The molecule has 0 aromatic heterocycles. The van der Waals surface area contributed by atoms with Crippen LogP contribution in [0.4, 0.5) is 5.69 Å². The average Bonchev–Trinajstić information content (AvgIpc) is 2.15. The second kappa shape index (κ2) is 4.61. The zero-order valence-corrected chi connectivity index (χ0v) is 7.58. The number of para-hydroxylation sites is 1. The number of hydrogen-bond acceptors (Lipinski definition) is 4. The number of thiol groups is 1. The summed E-state index contributed by atoms with van der Waals surface area (Å²) >= 11 is 0. The van der Waals surface area contributed by atoms with Crippen LogP contribution in [0.25, 0.3) is 0 Å². The Balaban J connectivity index is 2.80. The Hall–Kier alpha value is -1.36. The van der Waals surface area contributed by atoms with E-state index in [-0.39, 0.29) is 5.88 Å². The molecule has 5 heteroatoms. The maximum atomic E-state index is 10.4. The lowest BCUT2D eigenvalue weighted by Gasteiger charge is -2.03. The van der Waals surface area contributed by atoms with Gasteiger partial charge in [0.15, 0.2) is 10.7 Å². The van der Waals surface area contributed by atoms with Crippen LogP contribution in [-0.4, -0.2) is 20.6 Å². The lowest BCUT2D eigenvalue weighted by Crippen LogP contribution is -2.04. The van der Waals surface area contributed by atoms with Crippen molar-refractivity contribution in [2.45, 2.75) is 0 Å². The van der Waals surface area contributed by atoms with Crippen LogP contribution in [0.2, 0.25) is 0 Å². The van der Waals surface area contributed by atoms with Gasteiger partial charge in [-0.1, -0.05) is 12.1 Å². The molecule has 1 aromatic carbocycles. The summed E-state index contributed by atoms with van der Waals surface area (Å²) in [4.78, 5) is 10.4.